The molecule has 5 rings (SSSR count). The molecule has 0 amide bonds. The molecule has 3 heterocycles. The monoisotopic (exact) mass is 456 g/mol. The molecule has 7 heteroatoms. The van der Waals surface area contributed by atoms with Crippen LogP contribution in [0.3, 0.4) is 0 Å². The van der Waals surface area contributed by atoms with Crippen molar-refractivity contribution in [3.05, 3.63) is 58.3 Å². The molecule has 7 nitrogen and oxygen atoms in total. The van der Waals surface area contributed by atoms with E-state index in [1.807, 2.05) is 12.3 Å². The molecule has 3 N–H and O–H groups in total. The molecular weight excluding hydrogens is 424 g/mol. The Labute approximate surface area is 200 Å². The molecule has 0 atom stereocenters. The Morgan fingerprint density at radius 3 is 2.53 bits per heavy atom. The van der Waals surface area contributed by atoms with Crippen LogP contribution in [-0.4, -0.2) is 35.2 Å². The Morgan fingerprint density at radius 2 is 1.71 bits per heavy atom. The first-order chi connectivity index (χ1) is 16.3. The first-order valence-electron chi connectivity index (χ1n) is 11.8. The van der Waals surface area contributed by atoms with E-state index in [9.17, 15) is 0 Å². The highest BCUT2D eigenvalue weighted by molar-refractivity contribution is 5.91. The summed E-state index contributed by atoms with van der Waals surface area (Å²) < 4.78 is 6.08. The predicted molar refractivity (Wildman–Crippen MR) is 140 cm³/mol. The molecule has 34 heavy (non-hydrogen) atoms. The van der Waals surface area contributed by atoms with E-state index in [4.69, 9.17) is 14.7 Å². The van der Waals surface area contributed by atoms with Crippen molar-refractivity contribution in [2.45, 2.75) is 41.0 Å². The van der Waals surface area contributed by atoms with Crippen molar-refractivity contribution >= 4 is 39.9 Å². The number of aryl methyl sites for hydroxylation is 1. The Kier molecular flexibility index (Phi) is 5.55. The van der Waals surface area contributed by atoms with Crippen molar-refractivity contribution in [1.82, 2.24) is 15.0 Å². The first-order valence-corrected chi connectivity index (χ1v) is 11.8. The lowest BCUT2D eigenvalue weighted by Gasteiger charge is -2.23. The average Bonchev–Trinajstić information content (AvgIpc) is 3.22. The van der Waals surface area contributed by atoms with Gasteiger partial charge in [0.2, 0.25) is 5.95 Å². The number of anilines is 5. The van der Waals surface area contributed by atoms with Gasteiger partial charge in [-0.3, -0.25) is 0 Å². The van der Waals surface area contributed by atoms with Crippen LogP contribution in [0.25, 0.3) is 11.0 Å². The van der Waals surface area contributed by atoms with Gasteiger partial charge in [0.15, 0.2) is 0 Å². The van der Waals surface area contributed by atoms with Crippen LogP contribution in [-0.2, 0) is 0 Å². The second kappa shape index (κ2) is 8.56. The van der Waals surface area contributed by atoms with Crippen LogP contribution in [0.1, 0.15) is 34.2 Å². The van der Waals surface area contributed by atoms with Gasteiger partial charge < -0.3 is 25.3 Å². The van der Waals surface area contributed by atoms with Gasteiger partial charge in [-0.1, -0.05) is 6.07 Å². The second-order valence-corrected chi connectivity index (χ2v) is 9.21. The van der Waals surface area contributed by atoms with E-state index in [2.05, 4.69) is 80.4 Å². The van der Waals surface area contributed by atoms with Crippen LogP contribution in [0.15, 0.2) is 30.5 Å². The molecule has 0 bridgehead atoms. The third-order valence-electron chi connectivity index (χ3n) is 7.09. The van der Waals surface area contributed by atoms with Gasteiger partial charge in [-0.05, 0) is 87.1 Å². The number of nitrogens with one attached hydrogen (secondary N) is 3. The number of hydrogen-bond donors (Lipinski definition) is 3. The number of aromatic amines is 1. The number of ether oxygens (including phenoxy) is 1. The number of H-pyrrole nitrogens is 1. The standard InChI is InChI=1S/C27H32N6O/c1-15-8-9-21(17(3)16(15)2)29-26-20-10-11-28-25(20)31-27(32-26)30-22-14-23-24(19(5)18(22)4)34-13-7-12-33(23)6/h8-11,14H,7,12-13H2,1-6H3,(H3,28,29,30,31,32). The Hall–Kier alpha value is -3.74. The van der Waals surface area contributed by atoms with E-state index >= 15 is 0 Å². The van der Waals surface area contributed by atoms with Crippen molar-refractivity contribution in [1.29, 1.82) is 0 Å². The Balaban J connectivity index is 1.55. The van der Waals surface area contributed by atoms with E-state index in [-0.39, 0.29) is 0 Å². The molecule has 2 aromatic heterocycles. The zero-order valence-electron chi connectivity index (χ0n) is 20.8. The largest absolute Gasteiger partial charge is 0.491 e. The summed E-state index contributed by atoms with van der Waals surface area (Å²) in [6.45, 7) is 12.3. The van der Waals surface area contributed by atoms with Crippen LogP contribution in [0, 0.1) is 34.6 Å². The molecule has 176 valence electrons. The lowest BCUT2D eigenvalue weighted by molar-refractivity contribution is 0.320. The van der Waals surface area contributed by atoms with Crippen molar-refractivity contribution in [3.63, 3.8) is 0 Å². The summed E-state index contributed by atoms with van der Waals surface area (Å²) in [6.07, 6.45) is 2.90. The summed E-state index contributed by atoms with van der Waals surface area (Å²) in [5.41, 5.74) is 9.95. The molecule has 0 unspecified atom stereocenters. The van der Waals surface area contributed by atoms with E-state index in [0.717, 1.165) is 70.4 Å². The lowest BCUT2D eigenvalue weighted by Crippen LogP contribution is -2.17. The van der Waals surface area contributed by atoms with E-state index in [1.165, 1.54) is 16.7 Å². The average molecular weight is 457 g/mol. The van der Waals surface area contributed by atoms with Gasteiger partial charge in [-0.2, -0.15) is 9.97 Å². The predicted octanol–water partition coefficient (Wildman–Crippen LogP) is 6.21. The minimum absolute atomic E-state index is 0.540. The van der Waals surface area contributed by atoms with Crippen molar-refractivity contribution in [2.75, 3.05) is 35.7 Å². The third kappa shape index (κ3) is 3.81. The zero-order valence-corrected chi connectivity index (χ0v) is 20.8. The fourth-order valence-electron chi connectivity index (χ4n) is 4.50. The molecular formula is C27H32N6O. The highest BCUT2D eigenvalue weighted by Gasteiger charge is 2.20. The third-order valence-corrected chi connectivity index (χ3v) is 7.09. The van der Waals surface area contributed by atoms with E-state index in [0.29, 0.717) is 5.95 Å². The van der Waals surface area contributed by atoms with Gasteiger partial charge in [0.25, 0.3) is 0 Å². The van der Waals surface area contributed by atoms with Gasteiger partial charge in [0.05, 0.1) is 17.7 Å². The van der Waals surface area contributed by atoms with Crippen LogP contribution >= 0.6 is 0 Å². The minimum atomic E-state index is 0.540. The molecule has 0 fully saturated rings. The minimum Gasteiger partial charge on any atom is -0.491 e. The Bertz CT molecular complexity index is 1390. The molecule has 0 aliphatic carbocycles. The quantitative estimate of drug-likeness (QED) is 0.339. The fourth-order valence-corrected chi connectivity index (χ4v) is 4.50. The maximum Gasteiger partial charge on any atom is 0.231 e. The number of aromatic nitrogens is 3. The smallest absolute Gasteiger partial charge is 0.231 e. The number of rotatable bonds is 4. The summed E-state index contributed by atoms with van der Waals surface area (Å²) in [7, 11) is 2.11. The normalized spacial score (nSPS) is 13.4. The molecule has 4 aromatic rings. The van der Waals surface area contributed by atoms with Crippen molar-refractivity contribution < 1.29 is 4.74 Å². The van der Waals surface area contributed by atoms with Gasteiger partial charge in [0, 0.05) is 31.2 Å². The zero-order chi connectivity index (χ0) is 24.0. The van der Waals surface area contributed by atoms with Gasteiger partial charge in [-0.15, -0.1) is 0 Å². The SMILES string of the molecule is Cc1ccc(Nc2nc(Nc3cc4c(c(C)c3C)OCCCN4C)nc3[nH]ccc23)c(C)c1C. The summed E-state index contributed by atoms with van der Waals surface area (Å²) in [5.74, 6) is 2.28. The van der Waals surface area contributed by atoms with Crippen LogP contribution in [0.2, 0.25) is 0 Å². The molecule has 0 saturated carbocycles. The maximum absolute atomic E-state index is 6.08. The highest BCUT2D eigenvalue weighted by atomic mass is 16.5. The number of hydrogen-bond acceptors (Lipinski definition) is 6. The summed E-state index contributed by atoms with van der Waals surface area (Å²) in [4.78, 5) is 15.1. The number of benzene rings is 2. The van der Waals surface area contributed by atoms with Crippen LogP contribution in [0.5, 0.6) is 5.75 Å². The molecule has 1 aliphatic rings. The highest BCUT2D eigenvalue weighted by Crippen LogP contribution is 2.40. The molecule has 2 aromatic carbocycles. The molecule has 0 radical (unpaired) electrons. The fraction of sp³-hybridized carbons (Fsp3) is 0.333. The lowest BCUT2D eigenvalue weighted by atomic mass is 10.0. The Morgan fingerprint density at radius 1 is 0.912 bits per heavy atom. The van der Waals surface area contributed by atoms with Crippen molar-refractivity contribution in [2.24, 2.45) is 0 Å². The maximum atomic E-state index is 6.08. The number of fused-ring (bicyclic) bond motifs is 2. The van der Waals surface area contributed by atoms with Crippen molar-refractivity contribution in [3.8, 4) is 5.75 Å². The molecule has 0 spiro atoms. The summed E-state index contributed by atoms with van der Waals surface area (Å²) in [6, 6.07) is 8.40. The van der Waals surface area contributed by atoms with Gasteiger partial charge >= 0.3 is 0 Å². The second-order valence-electron chi connectivity index (χ2n) is 9.21. The van der Waals surface area contributed by atoms with Gasteiger partial charge in [-0.25, -0.2) is 0 Å². The first kappa shape index (κ1) is 22.1. The number of nitrogens with zero attached hydrogens (tertiary/aromatic N) is 3. The van der Waals surface area contributed by atoms with E-state index < -0.39 is 0 Å². The van der Waals surface area contributed by atoms with E-state index in [1.54, 1.807) is 0 Å². The molecule has 1 aliphatic heterocycles. The summed E-state index contributed by atoms with van der Waals surface area (Å²) >= 11 is 0. The topological polar surface area (TPSA) is 78.1 Å². The van der Waals surface area contributed by atoms with Gasteiger partial charge in [0.1, 0.15) is 17.2 Å². The van der Waals surface area contributed by atoms with Crippen LogP contribution < -0.4 is 20.3 Å². The van der Waals surface area contributed by atoms with Crippen LogP contribution in [0.4, 0.5) is 28.8 Å². The molecule has 0 saturated heterocycles. The summed E-state index contributed by atoms with van der Waals surface area (Å²) in [5, 5.41) is 7.98.